The van der Waals surface area contributed by atoms with E-state index in [9.17, 15) is 0 Å². The molecule has 2 N–H and O–H groups in total. The molecule has 0 aromatic carbocycles. The van der Waals surface area contributed by atoms with Crippen LogP contribution < -0.4 is 5.73 Å². The first kappa shape index (κ1) is 12.3. The molecule has 3 atom stereocenters. The molecule has 2 saturated heterocycles. The number of ether oxygens (including phenoxy) is 2. The number of hydrogen-bond donors (Lipinski definition) is 1. The average Bonchev–Trinajstić information content (AvgIpc) is 2.66. The molecule has 2 aliphatic heterocycles. The monoisotopic (exact) mass is 228 g/mol. The number of rotatable bonds is 4. The molecule has 0 aliphatic carbocycles. The van der Waals surface area contributed by atoms with E-state index in [4.69, 9.17) is 15.2 Å². The Morgan fingerprint density at radius 1 is 1.19 bits per heavy atom. The van der Waals surface area contributed by atoms with Crippen molar-refractivity contribution in [2.24, 2.45) is 17.6 Å². The summed E-state index contributed by atoms with van der Waals surface area (Å²) in [5.41, 5.74) is 5.98. The predicted octanol–water partition coefficient (Wildman–Crippen LogP) is 0.319. The Morgan fingerprint density at radius 3 is 2.69 bits per heavy atom. The maximum absolute atomic E-state index is 5.98. The third kappa shape index (κ3) is 3.42. The summed E-state index contributed by atoms with van der Waals surface area (Å²) in [6, 6.07) is 0.227. The van der Waals surface area contributed by atoms with Crippen molar-refractivity contribution in [2.75, 3.05) is 46.6 Å². The van der Waals surface area contributed by atoms with Crippen molar-refractivity contribution >= 4 is 0 Å². The molecule has 94 valence electrons. The first-order chi connectivity index (χ1) is 7.75. The van der Waals surface area contributed by atoms with Gasteiger partial charge in [0.25, 0.3) is 0 Å². The van der Waals surface area contributed by atoms with Gasteiger partial charge in [-0.2, -0.15) is 0 Å². The SMILES string of the molecule is CN(CC1CCCOC1)CC1COCC1N. The van der Waals surface area contributed by atoms with E-state index in [-0.39, 0.29) is 6.04 Å². The van der Waals surface area contributed by atoms with Gasteiger partial charge in [0.1, 0.15) is 0 Å². The van der Waals surface area contributed by atoms with Crippen molar-refractivity contribution in [2.45, 2.75) is 18.9 Å². The van der Waals surface area contributed by atoms with E-state index >= 15 is 0 Å². The van der Waals surface area contributed by atoms with E-state index in [0.717, 1.165) is 39.5 Å². The van der Waals surface area contributed by atoms with Gasteiger partial charge in [-0.05, 0) is 25.8 Å². The van der Waals surface area contributed by atoms with Crippen molar-refractivity contribution in [1.82, 2.24) is 4.90 Å². The second-order valence-electron chi connectivity index (χ2n) is 5.27. The molecule has 2 aliphatic rings. The molecule has 0 aromatic rings. The van der Waals surface area contributed by atoms with Crippen LogP contribution in [0.25, 0.3) is 0 Å². The molecule has 4 heteroatoms. The largest absolute Gasteiger partial charge is 0.381 e. The minimum atomic E-state index is 0.227. The Balaban J connectivity index is 1.68. The summed E-state index contributed by atoms with van der Waals surface area (Å²) >= 11 is 0. The highest BCUT2D eigenvalue weighted by Gasteiger charge is 2.26. The van der Waals surface area contributed by atoms with E-state index < -0.39 is 0 Å². The molecule has 16 heavy (non-hydrogen) atoms. The van der Waals surface area contributed by atoms with Crippen LogP contribution in [0.15, 0.2) is 0 Å². The summed E-state index contributed by atoms with van der Waals surface area (Å²) in [4.78, 5) is 2.39. The molecule has 0 bridgehead atoms. The van der Waals surface area contributed by atoms with Gasteiger partial charge in [0.05, 0.1) is 19.8 Å². The fourth-order valence-corrected chi connectivity index (χ4v) is 2.67. The lowest BCUT2D eigenvalue weighted by molar-refractivity contribution is 0.0397. The average molecular weight is 228 g/mol. The van der Waals surface area contributed by atoms with E-state index in [0.29, 0.717) is 11.8 Å². The topological polar surface area (TPSA) is 47.7 Å². The lowest BCUT2D eigenvalue weighted by Crippen LogP contribution is -2.39. The molecule has 0 spiro atoms. The first-order valence-electron chi connectivity index (χ1n) is 6.35. The third-order valence-electron chi connectivity index (χ3n) is 3.62. The Kier molecular flexibility index (Phi) is 4.58. The van der Waals surface area contributed by atoms with E-state index in [2.05, 4.69) is 11.9 Å². The molecule has 0 aromatic heterocycles. The minimum absolute atomic E-state index is 0.227. The fourth-order valence-electron chi connectivity index (χ4n) is 2.67. The summed E-state index contributed by atoms with van der Waals surface area (Å²) in [6.45, 7) is 5.61. The van der Waals surface area contributed by atoms with Gasteiger partial charge in [0, 0.05) is 31.7 Å². The van der Waals surface area contributed by atoms with Crippen molar-refractivity contribution in [1.29, 1.82) is 0 Å². The zero-order valence-electron chi connectivity index (χ0n) is 10.2. The maximum Gasteiger partial charge on any atom is 0.0621 e. The minimum Gasteiger partial charge on any atom is -0.381 e. The first-order valence-corrected chi connectivity index (χ1v) is 6.35. The molecule has 2 rings (SSSR count). The van der Waals surface area contributed by atoms with Gasteiger partial charge < -0.3 is 20.1 Å². The molecule has 0 amide bonds. The molecule has 3 unspecified atom stereocenters. The predicted molar refractivity (Wildman–Crippen MR) is 63.3 cm³/mol. The lowest BCUT2D eigenvalue weighted by atomic mass is 10.00. The van der Waals surface area contributed by atoms with Crippen LogP contribution in [0, 0.1) is 11.8 Å². The molecular formula is C12H24N2O2. The molecular weight excluding hydrogens is 204 g/mol. The smallest absolute Gasteiger partial charge is 0.0621 e. The normalized spacial score (nSPS) is 35.8. The fraction of sp³-hybridized carbons (Fsp3) is 1.00. The summed E-state index contributed by atoms with van der Waals surface area (Å²) in [5.74, 6) is 1.21. The molecule has 0 saturated carbocycles. The Bertz CT molecular complexity index is 207. The zero-order valence-corrected chi connectivity index (χ0v) is 10.2. The van der Waals surface area contributed by atoms with Gasteiger partial charge in [-0.3, -0.25) is 0 Å². The summed E-state index contributed by atoms with van der Waals surface area (Å²) < 4.78 is 10.9. The van der Waals surface area contributed by atoms with Gasteiger partial charge >= 0.3 is 0 Å². The molecule has 2 fully saturated rings. The lowest BCUT2D eigenvalue weighted by Gasteiger charge is -2.29. The van der Waals surface area contributed by atoms with Crippen molar-refractivity contribution in [3.8, 4) is 0 Å². The third-order valence-corrected chi connectivity index (χ3v) is 3.62. The van der Waals surface area contributed by atoms with Crippen LogP contribution >= 0.6 is 0 Å². The van der Waals surface area contributed by atoms with Crippen LogP contribution in [-0.2, 0) is 9.47 Å². The van der Waals surface area contributed by atoms with Crippen molar-refractivity contribution in [3.05, 3.63) is 0 Å². The number of hydrogen-bond acceptors (Lipinski definition) is 4. The van der Waals surface area contributed by atoms with Gasteiger partial charge in [0.15, 0.2) is 0 Å². The van der Waals surface area contributed by atoms with E-state index in [1.165, 1.54) is 12.8 Å². The van der Waals surface area contributed by atoms with Gasteiger partial charge in [-0.25, -0.2) is 0 Å². The highest BCUT2D eigenvalue weighted by molar-refractivity contribution is 4.80. The number of nitrogens with zero attached hydrogens (tertiary/aromatic N) is 1. The van der Waals surface area contributed by atoms with E-state index in [1.54, 1.807) is 0 Å². The summed E-state index contributed by atoms with van der Waals surface area (Å²) in [6.07, 6.45) is 2.52. The molecule has 4 nitrogen and oxygen atoms in total. The second kappa shape index (κ2) is 5.96. The summed E-state index contributed by atoms with van der Waals surface area (Å²) in [7, 11) is 2.18. The van der Waals surface area contributed by atoms with Crippen molar-refractivity contribution in [3.63, 3.8) is 0 Å². The molecule has 2 heterocycles. The van der Waals surface area contributed by atoms with Gasteiger partial charge in [-0.15, -0.1) is 0 Å². The Morgan fingerprint density at radius 2 is 2.06 bits per heavy atom. The van der Waals surface area contributed by atoms with Crippen LogP contribution in [0.5, 0.6) is 0 Å². The van der Waals surface area contributed by atoms with E-state index in [1.807, 2.05) is 0 Å². The van der Waals surface area contributed by atoms with Crippen LogP contribution in [-0.4, -0.2) is 57.5 Å². The van der Waals surface area contributed by atoms with Crippen molar-refractivity contribution < 1.29 is 9.47 Å². The maximum atomic E-state index is 5.98. The van der Waals surface area contributed by atoms with Gasteiger partial charge in [-0.1, -0.05) is 0 Å². The van der Waals surface area contributed by atoms with Gasteiger partial charge in [0.2, 0.25) is 0 Å². The zero-order chi connectivity index (χ0) is 11.4. The van der Waals surface area contributed by atoms with Crippen LogP contribution in [0.1, 0.15) is 12.8 Å². The second-order valence-corrected chi connectivity index (χ2v) is 5.27. The standard InChI is InChI=1S/C12H24N2O2/c1-14(5-10-3-2-4-15-7-10)6-11-8-16-9-12(11)13/h10-12H,2-9,13H2,1H3. The van der Waals surface area contributed by atoms with Crippen LogP contribution in [0.4, 0.5) is 0 Å². The quantitative estimate of drug-likeness (QED) is 0.753. The Labute approximate surface area is 98.1 Å². The number of nitrogens with two attached hydrogens (primary N) is 1. The molecule has 0 radical (unpaired) electrons. The van der Waals surface area contributed by atoms with Crippen LogP contribution in [0.3, 0.4) is 0 Å². The Hall–Kier alpha value is -0.160. The van der Waals surface area contributed by atoms with Crippen LogP contribution in [0.2, 0.25) is 0 Å². The summed E-state index contributed by atoms with van der Waals surface area (Å²) in [5, 5.41) is 0. The highest BCUT2D eigenvalue weighted by Crippen LogP contribution is 2.17. The highest BCUT2D eigenvalue weighted by atomic mass is 16.5.